The molecule has 3 N–H and O–H groups in total. The molecule has 0 saturated heterocycles. The third-order valence-corrected chi connectivity index (χ3v) is 8.28. The normalized spacial score (nSPS) is 13.0. The Bertz CT molecular complexity index is 1550. The standard InChI is InChI=1S/C37H50N6O3/c1-27(2)24-43(22-23-44)20-9-14-34(37(46)39-28(3)32-13-8-11-30-10-6-7-12-33(30)32)40-36(45)31-17-15-29(16-18-31)25-41(4)26-35-38-19-21-42(35)5/h6-8,10-13,15-19,21,27-28,34,44H,9,14,20,22-26H2,1-5H3,(H,39,46)(H,40,45)/t28-,34-/m0/s1. The van der Waals surface area contributed by atoms with Crippen LogP contribution >= 0.6 is 0 Å². The Hall–Kier alpha value is -4.05. The van der Waals surface area contributed by atoms with E-state index in [-0.39, 0.29) is 24.5 Å². The molecule has 2 atom stereocenters. The number of hydrogen-bond donors (Lipinski definition) is 3. The van der Waals surface area contributed by atoms with Crippen LogP contribution in [0.1, 0.15) is 67.0 Å². The van der Waals surface area contributed by atoms with Crippen molar-refractivity contribution in [3.05, 3.63) is 102 Å². The number of carbonyl (C=O) groups is 2. The summed E-state index contributed by atoms with van der Waals surface area (Å²) in [6.07, 6.45) is 4.92. The minimum Gasteiger partial charge on any atom is -0.395 e. The number of amides is 2. The molecule has 0 fully saturated rings. The van der Waals surface area contributed by atoms with Crippen LogP contribution in [0.3, 0.4) is 0 Å². The van der Waals surface area contributed by atoms with E-state index in [2.05, 4.69) is 57.5 Å². The van der Waals surface area contributed by atoms with Crippen molar-refractivity contribution in [2.24, 2.45) is 13.0 Å². The maximum absolute atomic E-state index is 13.7. The molecular formula is C37H50N6O3. The number of aryl methyl sites for hydroxylation is 1. The fourth-order valence-electron chi connectivity index (χ4n) is 5.92. The summed E-state index contributed by atoms with van der Waals surface area (Å²) in [5.74, 6) is 0.963. The number of fused-ring (bicyclic) bond motifs is 1. The van der Waals surface area contributed by atoms with Crippen molar-refractivity contribution in [3.63, 3.8) is 0 Å². The third-order valence-electron chi connectivity index (χ3n) is 8.28. The first kappa shape index (κ1) is 34.8. The van der Waals surface area contributed by atoms with Gasteiger partial charge in [-0.3, -0.25) is 14.5 Å². The Balaban J connectivity index is 1.43. The van der Waals surface area contributed by atoms with Crippen molar-refractivity contribution in [1.82, 2.24) is 30.0 Å². The smallest absolute Gasteiger partial charge is 0.251 e. The predicted octanol–water partition coefficient (Wildman–Crippen LogP) is 4.91. The highest BCUT2D eigenvalue weighted by atomic mass is 16.3. The second-order valence-electron chi connectivity index (χ2n) is 12.7. The topological polar surface area (TPSA) is 103 Å². The molecule has 0 saturated carbocycles. The van der Waals surface area contributed by atoms with Crippen LogP contribution < -0.4 is 10.6 Å². The van der Waals surface area contributed by atoms with Gasteiger partial charge in [0.05, 0.1) is 19.2 Å². The molecule has 4 aromatic rings. The van der Waals surface area contributed by atoms with E-state index in [4.69, 9.17) is 0 Å². The molecule has 0 spiro atoms. The molecule has 9 nitrogen and oxygen atoms in total. The van der Waals surface area contributed by atoms with Gasteiger partial charge in [0.15, 0.2) is 0 Å². The molecule has 0 aliphatic heterocycles. The summed E-state index contributed by atoms with van der Waals surface area (Å²) in [7, 11) is 4.03. The second-order valence-corrected chi connectivity index (χ2v) is 12.7. The van der Waals surface area contributed by atoms with Gasteiger partial charge in [-0.05, 0) is 73.3 Å². The Morgan fingerprint density at radius 1 is 0.935 bits per heavy atom. The lowest BCUT2D eigenvalue weighted by Crippen LogP contribution is -2.47. The fraction of sp³-hybridized carbons (Fsp3) is 0.432. The van der Waals surface area contributed by atoms with Gasteiger partial charge in [0.25, 0.3) is 5.91 Å². The number of imidazole rings is 1. The van der Waals surface area contributed by atoms with Crippen LogP contribution in [0.25, 0.3) is 10.8 Å². The SMILES string of the molecule is CC(C)CN(CCO)CCC[C@H](NC(=O)c1ccc(CN(C)Cc2nccn2C)cc1)C(=O)N[C@@H](C)c1cccc2ccccc12. The van der Waals surface area contributed by atoms with Gasteiger partial charge < -0.3 is 25.2 Å². The molecule has 0 radical (unpaired) electrons. The van der Waals surface area contributed by atoms with E-state index in [1.54, 1.807) is 6.20 Å². The van der Waals surface area contributed by atoms with Crippen LogP contribution in [0.2, 0.25) is 0 Å². The lowest BCUT2D eigenvalue weighted by atomic mass is 9.99. The van der Waals surface area contributed by atoms with Crippen molar-refractivity contribution >= 4 is 22.6 Å². The number of nitrogens with one attached hydrogen (secondary N) is 2. The molecule has 9 heteroatoms. The van der Waals surface area contributed by atoms with Crippen molar-refractivity contribution in [2.45, 2.75) is 58.8 Å². The van der Waals surface area contributed by atoms with Crippen LogP contribution in [-0.4, -0.2) is 75.6 Å². The summed E-state index contributed by atoms with van der Waals surface area (Å²) in [5, 5.41) is 18.0. The van der Waals surface area contributed by atoms with Gasteiger partial charge >= 0.3 is 0 Å². The molecule has 2 amide bonds. The van der Waals surface area contributed by atoms with Crippen LogP contribution in [0.15, 0.2) is 79.1 Å². The van der Waals surface area contributed by atoms with Crippen LogP contribution in [0, 0.1) is 5.92 Å². The first-order valence-corrected chi connectivity index (χ1v) is 16.3. The summed E-state index contributed by atoms with van der Waals surface area (Å²) >= 11 is 0. The number of benzene rings is 3. The highest BCUT2D eigenvalue weighted by molar-refractivity contribution is 5.97. The molecule has 1 heterocycles. The maximum Gasteiger partial charge on any atom is 0.251 e. The fourth-order valence-corrected chi connectivity index (χ4v) is 5.92. The van der Waals surface area contributed by atoms with Crippen molar-refractivity contribution < 1.29 is 14.7 Å². The average Bonchev–Trinajstić information content (AvgIpc) is 3.43. The number of carbonyl (C=O) groups excluding carboxylic acids is 2. The third kappa shape index (κ3) is 9.97. The number of aromatic nitrogens is 2. The Morgan fingerprint density at radius 2 is 1.67 bits per heavy atom. The van der Waals surface area contributed by atoms with Gasteiger partial charge in [-0.25, -0.2) is 4.98 Å². The molecule has 0 aliphatic carbocycles. The van der Waals surface area contributed by atoms with E-state index in [0.717, 1.165) is 40.8 Å². The number of nitrogens with zero attached hydrogens (tertiary/aromatic N) is 4. The van der Waals surface area contributed by atoms with Gasteiger partial charge in [0.1, 0.15) is 11.9 Å². The molecule has 1 aromatic heterocycles. The molecular weight excluding hydrogens is 576 g/mol. The lowest BCUT2D eigenvalue weighted by Gasteiger charge is -2.26. The Morgan fingerprint density at radius 3 is 2.37 bits per heavy atom. The molecule has 4 rings (SSSR count). The summed E-state index contributed by atoms with van der Waals surface area (Å²) in [5.41, 5.74) is 2.63. The van der Waals surface area contributed by atoms with E-state index in [1.165, 1.54) is 0 Å². The van der Waals surface area contributed by atoms with E-state index in [9.17, 15) is 14.7 Å². The van der Waals surface area contributed by atoms with Gasteiger partial charge in [-0.1, -0.05) is 68.4 Å². The van der Waals surface area contributed by atoms with E-state index >= 15 is 0 Å². The monoisotopic (exact) mass is 626 g/mol. The molecule has 3 aromatic carbocycles. The Labute approximate surface area is 273 Å². The van der Waals surface area contributed by atoms with Crippen molar-refractivity contribution in [2.75, 3.05) is 33.3 Å². The molecule has 246 valence electrons. The summed E-state index contributed by atoms with van der Waals surface area (Å²) in [6, 6.07) is 20.9. The van der Waals surface area contributed by atoms with E-state index in [0.29, 0.717) is 44.0 Å². The summed E-state index contributed by atoms with van der Waals surface area (Å²) in [4.78, 5) is 36.0. The largest absolute Gasteiger partial charge is 0.395 e. The predicted molar refractivity (Wildman–Crippen MR) is 184 cm³/mol. The summed E-state index contributed by atoms with van der Waals surface area (Å²) in [6.45, 7) is 9.99. The zero-order chi connectivity index (χ0) is 33.1. The van der Waals surface area contributed by atoms with E-state index in [1.807, 2.05) is 80.3 Å². The van der Waals surface area contributed by atoms with Crippen molar-refractivity contribution in [1.29, 1.82) is 0 Å². The molecule has 0 aliphatic rings. The van der Waals surface area contributed by atoms with Gasteiger partial charge in [0.2, 0.25) is 5.91 Å². The highest BCUT2D eigenvalue weighted by Crippen LogP contribution is 2.24. The number of aliphatic hydroxyl groups excluding tert-OH is 1. The van der Waals surface area contributed by atoms with Crippen molar-refractivity contribution in [3.8, 4) is 0 Å². The molecule has 0 unspecified atom stereocenters. The highest BCUT2D eigenvalue weighted by Gasteiger charge is 2.24. The first-order chi connectivity index (χ1) is 22.1. The number of hydrogen-bond acceptors (Lipinski definition) is 6. The zero-order valence-electron chi connectivity index (χ0n) is 27.9. The minimum absolute atomic E-state index is 0.0880. The first-order valence-electron chi connectivity index (χ1n) is 16.3. The van der Waals surface area contributed by atoms with Crippen LogP contribution in [0.5, 0.6) is 0 Å². The van der Waals surface area contributed by atoms with Crippen LogP contribution in [0.4, 0.5) is 0 Å². The quantitative estimate of drug-likeness (QED) is 0.154. The second kappa shape index (κ2) is 17.0. The zero-order valence-corrected chi connectivity index (χ0v) is 27.9. The average molecular weight is 627 g/mol. The number of aliphatic hydroxyl groups is 1. The van der Waals surface area contributed by atoms with E-state index < -0.39 is 6.04 Å². The van der Waals surface area contributed by atoms with Crippen LogP contribution in [-0.2, 0) is 24.9 Å². The lowest BCUT2D eigenvalue weighted by molar-refractivity contribution is -0.123. The van der Waals surface area contributed by atoms with Gasteiger partial charge in [0, 0.05) is 44.6 Å². The minimum atomic E-state index is -0.705. The van der Waals surface area contributed by atoms with Gasteiger partial charge in [-0.2, -0.15) is 0 Å². The molecule has 0 bridgehead atoms. The summed E-state index contributed by atoms with van der Waals surface area (Å²) < 4.78 is 2.01. The maximum atomic E-state index is 13.7. The Kier molecular flexibility index (Phi) is 12.9. The van der Waals surface area contributed by atoms with Gasteiger partial charge in [-0.15, -0.1) is 0 Å². The molecule has 46 heavy (non-hydrogen) atoms. The number of rotatable bonds is 17.